The van der Waals surface area contributed by atoms with Crippen molar-refractivity contribution in [1.82, 2.24) is 15.6 Å². The van der Waals surface area contributed by atoms with Crippen LogP contribution in [-0.4, -0.2) is 76.8 Å². The summed E-state index contributed by atoms with van der Waals surface area (Å²) in [5.74, 6) is 1.47. The van der Waals surface area contributed by atoms with Crippen molar-refractivity contribution in [3.8, 4) is 5.75 Å². The highest BCUT2D eigenvalue weighted by atomic mass is 32.2. The number of nitrogens with one attached hydrogen (secondary N) is 1. The highest BCUT2D eigenvalue weighted by Gasteiger charge is 2.28. The summed E-state index contributed by atoms with van der Waals surface area (Å²) in [6.45, 7) is 3.53. The maximum absolute atomic E-state index is 12.3. The van der Waals surface area contributed by atoms with E-state index >= 15 is 0 Å². The zero-order chi connectivity index (χ0) is 27.3. The van der Waals surface area contributed by atoms with Crippen molar-refractivity contribution in [1.29, 1.82) is 0 Å². The average Bonchev–Trinajstić information content (AvgIpc) is 3.33. The van der Waals surface area contributed by atoms with Gasteiger partial charge in [-0.25, -0.2) is 10.0 Å². The first-order chi connectivity index (χ1) is 19.0. The predicted octanol–water partition coefficient (Wildman–Crippen LogP) is 5.15. The van der Waals surface area contributed by atoms with Gasteiger partial charge in [-0.05, 0) is 48.1 Å². The van der Waals surface area contributed by atoms with Crippen molar-refractivity contribution < 1.29 is 22.1 Å². The second-order valence-electron chi connectivity index (χ2n) is 11.1. The Morgan fingerprint density at radius 1 is 0.897 bits per heavy atom. The third kappa shape index (κ3) is 10.6. The minimum absolute atomic E-state index is 0.00325. The number of rotatable bonds is 14. The summed E-state index contributed by atoms with van der Waals surface area (Å²) in [4.78, 5) is 0. The maximum atomic E-state index is 12.3. The second kappa shape index (κ2) is 15.9. The van der Waals surface area contributed by atoms with E-state index in [1.165, 1.54) is 51.4 Å². The molecule has 1 aliphatic carbocycles. The van der Waals surface area contributed by atoms with Crippen LogP contribution in [0.2, 0.25) is 0 Å². The van der Waals surface area contributed by atoms with Crippen LogP contribution in [0.5, 0.6) is 5.75 Å². The van der Waals surface area contributed by atoms with Gasteiger partial charge in [0.15, 0.2) is 0 Å². The molecule has 1 N–H and O–H groups in total. The number of fused-ring (bicyclic) bond motifs is 1. The minimum Gasteiger partial charge on any atom is -0.493 e. The summed E-state index contributed by atoms with van der Waals surface area (Å²) >= 11 is 0. The molecule has 1 unspecified atom stereocenters. The first-order valence-corrected chi connectivity index (χ1v) is 16.4. The smallest absolute Gasteiger partial charge is 0.267 e. The van der Waals surface area contributed by atoms with E-state index in [1.807, 2.05) is 43.4 Å². The number of hydrazine groups is 2. The molecule has 2 aliphatic rings. The molecular formula is C30H47N3O5S. The fourth-order valence-corrected chi connectivity index (χ4v) is 6.44. The van der Waals surface area contributed by atoms with Crippen LogP contribution in [0.4, 0.5) is 0 Å². The Bertz CT molecular complexity index is 1090. The SMILES string of the molecule is CN1NN(CCCS(=O)(=O)OCCCOc2ccc3ccccc3c2)CC1COCC1CCCCCCCC1. The largest absolute Gasteiger partial charge is 0.493 e. The molecule has 2 aromatic carbocycles. The van der Waals surface area contributed by atoms with Gasteiger partial charge >= 0.3 is 0 Å². The van der Waals surface area contributed by atoms with E-state index in [-0.39, 0.29) is 18.4 Å². The standard InChI is InChI=1S/C30H47N3O5S/c1-32-29(25-36-24-26-12-6-4-2-3-5-7-13-26)23-33(31-32)18-10-21-39(34,35)38-20-11-19-37-30-17-16-27-14-8-9-15-28(27)22-30/h8-9,14-17,22,26,29,31H,2-7,10-13,18-21,23-25H2,1H3. The summed E-state index contributed by atoms with van der Waals surface area (Å²) < 4.78 is 41.8. The molecule has 1 saturated heterocycles. The lowest BCUT2D eigenvalue weighted by atomic mass is 9.98. The first-order valence-electron chi connectivity index (χ1n) is 14.8. The molecule has 0 amide bonds. The zero-order valence-corrected chi connectivity index (χ0v) is 24.4. The Balaban J connectivity index is 1.06. The Morgan fingerprint density at radius 3 is 2.44 bits per heavy atom. The molecule has 1 heterocycles. The van der Waals surface area contributed by atoms with Gasteiger partial charge < -0.3 is 9.47 Å². The minimum atomic E-state index is -3.56. The lowest BCUT2D eigenvalue weighted by Crippen LogP contribution is -2.40. The van der Waals surface area contributed by atoms with Crippen LogP contribution in [0.1, 0.15) is 64.2 Å². The van der Waals surface area contributed by atoms with Crippen molar-refractivity contribution in [2.24, 2.45) is 5.92 Å². The summed E-state index contributed by atoms with van der Waals surface area (Å²) in [5, 5.41) is 6.42. The van der Waals surface area contributed by atoms with Gasteiger partial charge in [0.05, 0.1) is 31.6 Å². The number of ether oxygens (including phenoxy) is 2. The normalized spacial score (nSPS) is 20.6. The number of hydrogen-bond acceptors (Lipinski definition) is 8. The third-order valence-corrected chi connectivity index (χ3v) is 9.09. The molecule has 1 atom stereocenters. The van der Waals surface area contributed by atoms with Crippen LogP contribution < -0.4 is 10.3 Å². The molecule has 218 valence electrons. The topological polar surface area (TPSA) is 80.3 Å². The van der Waals surface area contributed by atoms with Crippen LogP contribution in [0.3, 0.4) is 0 Å². The van der Waals surface area contributed by atoms with E-state index < -0.39 is 10.1 Å². The molecule has 0 bridgehead atoms. The van der Waals surface area contributed by atoms with Crippen molar-refractivity contribution in [3.05, 3.63) is 42.5 Å². The van der Waals surface area contributed by atoms with Gasteiger partial charge in [-0.2, -0.15) is 14.0 Å². The lowest BCUT2D eigenvalue weighted by molar-refractivity contribution is 0.0472. The van der Waals surface area contributed by atoms with Crippen LogP contribution in [0, 0.1) is 5.92 Å². The fraction of sp³-hybridized carbons (Fsp3) is 0.667. The van der Waals surface area contributed by atoms with Crippen molar-refractivity contribution in [3.63, 3.8) is 0 Å². The van der Waals surface area contributed by atoms with E-state index in [0.29, 0.717) is 38.5 Å². The molecule has 1 aliphatic heterocycles. The van der Waals surface area contributed by atoms with E-state index in [0.717, 1.165) is 29.7 Å². The van der Waals surface area contributed by atoms with E-state index in [9.17, 15) is 8.42 Å². The Labute approximate surface area is 235 Å². The lowest BCUT2D eigenvalue weighted by Gasteiger charge is -2.20. The van der Waals surface area contributed by atoms with Gasteiger partial charge in [0, 0.05) is 33.2 Å². The number of nitrogens with zero attached hydrogens (tertiary/aromatic N) is 2. The Hall–Kier alpha value is -1.75. The van der Waals surface area contributed by atoms with Crippen LogP contribution in [0.15, 0.2) is 42.5 Å². The summed E-state index contributed by atoms with van der Waals surface area (Å²) in [6.07, 6.45) is 11.8. The van der Waals surface area contributed by atoms with Crippen LogP contribution in [-0.2, 0) is 19.0 Å². The summed E-state index contributed by atoms with van der Waals surface area (Å²) in [6, 6.07) is 14.3. The molecule has 0 spiro atoms. The second-order valence-corrected chi connectivity index (χ2v) is 12.8. The van der Waals surface area contributed by atoms with E-state index in [2.05, 4.69) is 21.6 Å². The third-order valence-electron chi connectivity index (χ3n) is 7.78. The highest BCUT2D eigenvalue weighted by Crippen LogP contribution is 2.23. The maximum Gasteiger partial charge on any atom is 0.267 e. The highest BCUT2D eigenvalue weighted by molar-refractivity contribution is 7.86. The molecule has 1 saturated carbocycles. The van der Waals surface area contributed by atoms with Gasteiger partial charge in [-0.1, -0.05) is 68.9 Å². The Kier molecular flexibility index (Phi) is 12.3. The molecular weight excluding hydrogens is 514 g/mol. The van der Waals surface area contributed by atoms with Gasteiger partial charge in [0.2, 0.25) is 0 Å². The molecule has 8 nitrogen and oxygen atoms in total. The quantitative estimate of drug-likeness (QED) is 0.251. The van der Waals surface area contributed by atoms with Crippen LogP contribution >= 0.6 is 0 Å². The van der Waals surface area contributed by atoms with E-state index in [1.54, 1.807) is 0 Å². The van der Waals surface area contributed by atoms with Gasteiger partial charge in [0.1, 0.15) is 5.75 Å². The zero-order valence-electron chi connectivity index (χ0n) is 23.6. The van der Waals surface area contributed by atoms with Gasteiger partial charge in [-0.15, -0.1) is 0 Å². The monoisotopic (exact) mass is 561 g/mol. The van der Waals surface area contributed by atoms with Gasteiger partial charge in [0.25, 0.3) is 10.1 Å². The van der Waals surface area contributed by atoms with Crippen molar-refractivity contribution >= 4 is 20.9 Å². The van der Waals surface area contributed by atoms with Gasteiger partial charge in [-0.3, -0.25) is 4.18 Å². The first kappa shape index (κ1) is 30.2. The number of hydrogen-bond donors (Lipinski definition) is 1. The number of benzene rings is 2. The summed E-state index contributed by atoms with van der Waals surface area (Å²) in [5.41, 5.74) is 3.33. The van der Waals surface area contributed by atoms with E-state index in [4.69, 9.17) is 13.7 Å². The molecule has 39 heavy (non-hydrogen) atoms. The molecule has 9 heteroatoms. The number of likely N-dealkylation sites (N-methyl/N-ethyl adjacent to an activating group) is 1. The van der Waals surface area contributed by atoms with Crippen molar-refractivity contribution in [2.75, 3.05) is 52.3 Å². The molecule has 0 aromatic heterocycles. The molecule has 0 radical (unpaired) electrons. The molecule has 4 rings (SSSR count). The fourth-order valence-electron chi connectivity index (χ4n) is 5.47. The summed E-state index contributed by atoms with van der Waals surface area (Å²) in [7, 11) is -1.54. The predicted molar refractivity (Wildman–Crippen MR) is 156 cm³/mol. The average molecular weight is 562 g/mol. The van der Waals surface area contributed by atoms with Crippen molar-refractivity contribution in [2.45, 2.75) is 70.3 Å². The Morgan fingerprint density at radius 2 is 1.64 bits per heavy atom. The molecule has 2 aromatic rings. The molecule has 2 fully saturated rings. The van der Waals surface area contributed by atoms with Crippen LogP contribution in [0.25, 0.3) is 10.8 Å².